The molecular weight excluding hydrogens is 154 g/mol. The third-order valence-electron chi connectivity index (χ3n) is 0.296. The van der Waals surface area contributed by atoms with Gasteiger partial charge in [-0.3, -0.25) is 0 Å². The van der Waals surface area contributed by atoms with Gasteiger partial charge >= 0.3 is 5.97 Å². The second-order valence-electron chi connectivity index (χ2n) is 1.06. The Hall–Kier alpha value is -1.27. The molecule has 0 atom stereocenters. The van der Waals surface area contributed by atoms with Crippen LogP contribution in [0.4, 0.5) is 0 Å². The molecule has 0 unspecified atom stereocenters. The third-order valence-corrected chi connectivity index (χ3v) is 0.380. The van der Waals surface area contributed by atoms with E-state index in [2.05, 4.69) is 13.2 Å². The molecule has 0 aliphatic heterocycles. The van der Waals surface area contributed by atoms with Crippen LogP contribution in [0.25, 0.3) is 0 Å². The molecule has 0 rings (SSSR count). The Balaban J connectivity index is 0. The largest absolute Gasteiger partial charge is 0.478 e. The van der Waals surface area contributed by atoms with Gasteiger partial charge in [0.25, 0.3) is 0 Å². The minimum absolute atomic E-state index is 0.0324. The molecule has 0 heterocycles. The second kappa shape index (κ2) is 7.73. The lowest BCUT2D eigenvalue weighted by molar-refractivity contribution is -0.131. The van der Waals surface area contributed by atoms with Crippen LogP contribution in [-0.4, -0.2) is 11.1 Å². The number of nitriles is 1. The number of rotatable bonds is 1. The summed E-state index contributed by atoms with van der Waals surface area (Å²) in [6.45, 7) is 6.04. The molecule has 0 amide bonds. The summed E-state index contributed by atoms with van der Waals surface area (Å²) in [6.07, 6.45) is 0.833. The van der Waals surface area contributed by atoms with Crippen LogP contribution < -0.4 is 0 Å². The van der Waals surface area contributed by atoms with Gasteiger partial charge in [0, 0.05) is 6.08 Å². The Morgan fingerprint density at radius 1 is 1.80 bits per heavy atom. The highest BCUT2D eigenvalue weighted by Crippen LogP contribution is 1.88. The molecule has 54 valence electrons. The van der Waals surface area contributed by atoms with Crippen molar-refractivity contribution < 1.29 is 9.90 Å². The van der Waals surface area contributed by atoms with Gasteiger partial charge in [-0.25, -0.2) is 4.79 Å². The molecule has 0 fully saturated rings. The Labute approximate surface area is 63.8 Å². The van der Waals surface area contributed by atoms with Crippen molar-refractivity contribution in [2.75, 3.05) is 0 Å². The SMILES string of the molecule is C=C(Cl)C#N.C=CC(=O)O. The second-order valence-corrected chi connectivity index (χ2v) is 1.52. The van der Waals surface area contributed by atoms with Crippen LogP contribution in [0.1, 0.15) is 0 Å². The fraction of sp³-hybridized carbons (Fsp3) is 0. The average molecular weight is 160 g/mol. The fourth-order valence-corrected chi connectivity index (χ4v) is 0. The number of aliphatic carboxylic acids is 1. The van der Waals surface area contributed by atoms with Gasteiger partial charge in [-0.2, -0.15) is 5.26 Å². The van der Waals surface area contributed by atoms with Crippen molar-refractivity contribution in [2.45, 2.75) is 0 Å². The minimum atomic E-state index is -0.981. The first-order chi connectivity index (χ1) is 4.54. The van der Waals surface area contributed by atoms with Gasteiger partial charge in [0.2, 0.25) is 0 Å². The fourth-order valence-electron chi connectivity index (χ4n) is 0. The van der Waals surface area contributed by atoms with Crippen molar-refractivity contribution in [1.29, 1.82) is 5.26 Å². The number of carbonyl (C=O) groups is 1. The van der Waals surface area contributed by atoms with Gasteiger partial charge in [0.15, 0.2) is 0 Å². The van der Waals surface area contributed by atoms with Gasteiger partial charge in [-0.1, -0.05) is 24.8 Å². The summed E-state index contributed by atoms with van der Waals surface area (Å²) in [7, 11) is 0. The monoisotopic (exact) mass is 159 g/mol. The predicted octanol–water partition coefficient (Wildman–Crippen LogP) is 1.52. The van der Waals surface area contributed by atoms with E-state index in [1.165, 1.54) is 0 Å². The normalized spacial score (nSPS) is 6.00. The van der Waals surface area contributed by atoms with E-state index in [-0.39, 0.29) is 5.03 Å². The number of hydrogen-bond acceptors (Lipinski definition) is 2. The van der Waals surface area contributed by atoms with Crippen LogP contribution in [0.3, 0.4) is 0 Å². The molecular formula is C6H6ClNO2. The first-order valence-electron chi connectivity index (χ1n) is 2.14. The molecule has 0 aromatic carbocycles. The standard InChI is InChI=1S/C3H2ClN.C3H4O2/c1-3(4)2-5;1-2-3(4)5/h1H2;2H,1H2,(H,4,5). The van der Waals surface area contributed by atoms with Crippen molar-refractivity contribution in [3.05, 3.63) is 24.3 Å². The molecule has 0 aromatic heterocycles. The van der Waals surface area contributed by atoms with Crippen LogP contribution in [0, 0.1) is 11.3 Å². The first kappa shape index (κ1) is 11.5. The van der Waals surface area contributed by atoms with Crippen LogP contribution in [0.5, 0.6) is 0 Å². The van der Waals surface area contributed by atoms with Crippen molar-refractivity contribution >= 4 is 17.6 Å². The minimum Gasteiger partial charge on any atom is -0.478 e. The summed E-state index contributed by atoms with van der Waals surface area (Å²) in [5.74, 6) is -0.981. The van der Waals surface area contributed by atoms with Gasteiger partial charge < -0.3 is 5.11 Å². The first-order valence-corrected chi connectivity index (χ1v) is 2.52. The van der Waals surface area contributed by atoms with E-state index < -0.39 is 5.97 Å². The number of halogens is 1. The van der Waals surface area contributed by atoms with Crippen LogP contribution in [0.15, 0.2) is 24.3 Å². The molecule has 0 saturated heterocycles. The zero-order chi connectivity index (χ0) is 8.57. The summed E-state index contributed by atoms with van der Waals surface area (Å²) >= 11 is 4.91. The molecule has 10 heavy (non-hydrogen) atoms. The average Bonchev–Trinajstić information content (AvgIpc) is 1.89. The molecule has 0 saturated carbocycles. The molecule has 0 aliphatic carbocycles. The maximum atomic E-state index is 9.25. The Morgan fingerprint density at radius 2 is 2.00 bits per heavy atom. The topological polar surface area (TPSA) is 61.1 Å². The molecule has 0 spiro atoms. The molecule has 0 radical (unpaired) electrons. The predicted molar refractivity (Wildman–Crippen MR) is 38.4 cm³/mol. The molecule has 4 heteroatoms. The highest BCUT2D eigenvalue weighted by molar-refractivity contribution is 6.31. The van der Waals surface area contributed by atoms with E-state index in [0.29, 0.717) is 0 Å². The Kier molecular flexibility index (Phi) is 8.90. The maximum absolute atomic E-state index is 9.25. The summed E-state index contributed by atoms with van der Waals surface area (Å²) in [6, 6.07) is 1.60. The number of hydrogen-bond donors (Lipinski definition) is 1. The maximum Gasteiger partial charge on any atom is 0.327 e. The lowest BCUT2D eigenvalue weighted by atomic mass is 10.7. The Bertz CT molecular complexity index is 181. The zero-order valence-electron chi connectivity index (χ0n) is 5.17. The van der Waals surface area contributed by atoms with Crippen LogP contribution in [0.2, 0.25) is 0 Å². The summed E-state index contributed by atoms with van der Waals surface area (Å²) < 4.78 is 0. The smallest absolute Gasteiger partial charge is 0.327 e. The third kappa shape index (κ3) is 29.6. The number of carboxylic acids is 1. The number of nitrogens with zero attached hydrogens (tertiary/aromatic N) is 1. The van der Waals surface area contributed by atoms with E-state index in [1.807, 2.05) is 0 Å². The van der Waals surface area contributed by atoms with Gasteiger partial charge in [-0.05, 0) is 0 Å². The van der Waals surface area contributed by atoms with Crippen molar-refractivity contribution in [1.82, 2.24) is 0 Å². The molecule has 0 bridgehead atoms. The lowest BCUT2D eigenvalue weighted by Crippen LogP contribution is -1.82. The van der Waals surface area contributed by atoms with E-state index in [9.17, 15) is 4.79 Å². The van der Waals surface area contributed by atoms with E-state index >= 15 is 0 Å². The summed E-state index contributed by atoms with van der Waals surface area (Å²) in [4.78, 5) is 9.25. The van der Waals surface area contributed by atoms with Gasteiger partial charge in [0.1, 0.15) is 11.1 Å². The van der Waals surface area contributed by atoms with Gasteiger partial charge in [0.05, 0.1) is 0 Å². The Morgan fingerprint density at radius 3 is 2.00 bits per heavy atom. The lowest BCUT2D eigenvalue weighted by Gasteiger charge is -1.64. The van der Waals surface area contributed by atoms with Crippen LogP contribution in [-0.2, 0) is 4.79 Å². The van der Waals surface area contributed by atoms with Crippen LogP contribution >= 0.6 is 11.6 Å². The van der Waals surface area contributed by atoms with Crippen molar-refractivity contribution in [3.8, 4) is 6.07 Å². The summed E-state index contributed by atoms with van der Waals surface area (Å²) in [5.41, 5.74) is 0. The van der Waals surface area contributed by atoms with E-state index in [0.717, 1.165) is 6.08 Å². The molecule has 0 aliphatic rings. The highest BCUT2D eigenvalue weighted by atomic mass is 35.5. The number of allylic oxidation sites excluding steroid dienone is 1. The molecule has 1 N–H and O–H groups in total. The van der Waals surface area contributed by atoms with Gasteiger partial charge in [-0.15, -0.1) is 0 Å². The number of carboxylic acid groups (broad SMARTS) is 1. The zero-order valence-corrected chi connectivity index (χ0v) is 5.93. The highest BCUT2D eigenvalue weighted by Gasteiger charge is 1.73. The van der Waals surface area contributed by atoms with E-state index in [1.54, 1.807) is 6.07 Å². The molecule has 0 aromatic rings. The van der Waals surface area contributed by atoms with Crippen molar-refractivity contribution in [3.63, 3.8) is 0 Å². The summed E-state index contributed by atoms with van der Waals surface area (Å²) in [5, 5.41) is 15.3. The van der Waals surface area contributed by atoms with E-state index in [4.69, 9.17) is 22.0 Å². The quantitative estimate of drug-likeness (QED) is 0.466. The van der Waals surface area contributed by atoms with Crippen molar-refractivity contribution in [2.24, 2.45) is 0 Å². The molecule has 3 nitrogen and oxygen atoms in total.